The van der Waals surface area contributed by atoms with Crippen molar-refractivity contribution in [2.45, 2.75) is 19.6 Å². The Labute approximate surface area is 164 Å². The minimum absolute atomic E-state index is 0.0220. The van der Waals surface area contributed by atoms with Gasteiger partial charge in [0, 0.05) is 17.1 Å². The van der Waals surface area contributed by atoms with E-state index in [9.17, 15) is 9.59 Å². The summed E-state index contributed by atoms with van der Waals surface area (Å²) in [4.78, 5) is 28.0. The number of fused-ring (bicyclic) bond motifs is 1. The Balaban J connectivity index is 1.34. The molecule has 0 radical (unpaired) electrons. The van der Waals surface area contributed by atoms with Crippen LogP contribution in [-0.4, -0.2) is 15.5 Å². The highest BCUT2D eigenvalue weighted by molar-refractivity contribution is 6.30. The minimum Gasteiger partial charge on any atom is -0.456 e. The van der Waals surface area contributed by atoms with Gasteiger partial charge in [-0.15, -0.1) is 0 Å². The van der Waals surface area contributed by atoms with Gasteiger partial charge in [-0.2, -0.15) is 0 Å². The zero-order chi connectivity index (χ0) is 19.5. The van der Waals surface area contributed by atoms with Crippen molar-refractivity contribution in [3.05, 3.63) is 76.2 Å². The number of rotatable bonds is 6. The van der Waals surface area contributed by atoms with E-state index in [1.165, 1.54) is 4.57 Å². The molecule has 0 fully saturated rings. The lowest BCUT2D eigenvalue weighted by Gasteiger charge is -2.03. The van der Waals surface area contributed by atoms with Crippen molar-refractivity contribution >= 4 is 28.7 Å². The van der Waals surface area contributed by atoms with Gasteiger partial charge in [-0.3, -0.25) is 9.36 Å². The van der Waals surface area contributed by atoms with E-state index < -0.39 is 11.7 Å². The van der Waals surface area contributed by atoms with E-state index in [2.05, 4.69) is 4.98 Å². The van der Waals surface area contributed by atoms with Crippen LogP contribution in [0.4, 0.5) is 0 Å². The maximum absolute atomic E-state index is 12.0. The van der Waals surface area contributed by atoms with Crippen molar-refractivity contribution in [3.63, 3.8) is 0 Å². The molecule has 0 bridgehead atoms. The number of carbonyl (C=O) groups is 1. The molecule has 2 heterocycles. The zero-order valence-corrected chi connectivity index (χ0v) is 15.4. The molecule has 0 N–H and O–H groups in total. The molecule has 4 rings (SSSR count). The molecule has 0 aliphatic heterocycles. The smallest absolute Gasteiger partial charge is 0.419 e. The summed E-state index contributed by atoms with van der Waals surface area (Å²) in [7, 11) is 0. The topological polar surface area (TPSA) is 87.5 Å². The number of hydrogen-bond donors (Lipinski definition) is 0. The molecule has 0 aliphatic rings. The van der Waals surface area contributed by atoms with E-state index in [-0.39, 0.29) is 25.5 Å². The number of nitrogens with zero attached hydrogens (tertiary/aromatic N) is 2. The van der Waals surface area contributed by atoms with Gasteiger partial charge in [-0.25, -0.2) is 9.78 Å². The first-order chi connectivity index (χ1) is 13.6. The van der Waals surface area contributed by atoms with Crippen LogP contribution >= 0.6 is 11.6 Å². The summed E-state index contributed by atoms with van der Waals surface area (Å²) in [6, 6.07) is 14.2. The first-order valence-corrected chi connectivity index (χ1v) is 8.92. The molecule has 4 aromatic rings. The zero-order valence-electron chi connectivity index (χ0n) is 14.6. The van der Waals surface area contributed by atoms with Crippen molar-refractivity contribution in [1.82, 2.24) is 9.55 Å². The van der Waals surface area contributed by atoms with Crippen LogP contribution in [-0.2, 0) is 22.7 Å². The Morgan fingerprint density at radius 3 is 2.71 bits per heavy atom. The minimum atomic E-state index is -0.505. The number of ether oxygens (including phenoxy) is 1. The molecule has 0 spiro atoms. The molecule has 2 aromatic heterocycles. The molecule has 0 unspecified atom stereocenters. The van der Waals surface area contributed by atoms with Crippen LogP contribution in [0.1, 0.15) is 12.3 Å². The van der Waals surface area contributed by atoms with Crippen LogP contribution in [0.3, 0.4) is 0 Å². The number of benzene rings is 2. The number of carbonyl (C=O) groups excluding carboxylic acids is 1. The van der Waals surface area contributed by atoms with Gasteiger partial charge in [-0.05, 0) is 36.4 Å². The molecule has 28 heavy (non-hydrogen) atoms. The fourth-order valence-electron chi connectivity index (χ4n) is 2.77. The van der Waals surface area contributed by atoms with Gasteiger partial charge in [0.1, 0.15) is 0 Å². The van der Waals surface area contributed by atoms with Crippen LogP contribution in [0.15, 0.2) is 68.4 Å². The summed E-state index contributed by atoms with van der Waals surface area (Å²) in [6.45, 7) is 0.0732. The normalized spacial score (nSPS) is 11.0. The van der Waals surface area contributed by atoms with E-state index in [1.807, 2.05) is 12.1 Å². The summed E-state index contributed by atoms with van der Waals surface area (Å²) in [6.07, 6.45) is 1.58. The monoisotopic (exact) mass is 398 g/mol. The number of oxazole rings is 2. The van der Waals surface area contributed by atoms with E-state index in [1.54, 1.807) is 42.6 Å². The summed E-state index contributed by atoms with van der Waals surface area (Å²) in [5.74, 6) is -0.138. The molecule has 0 atom stereocenters. The van der Waals surface area contributed by atoms with Crippen molar-refractivity contribution in [2.75, 3.05) is 0 Å². The third-order valence-electron chi connectivity index (χ3n) is 4.15. The number of para-hydroxylation sites is 2. The Morgan fingerprint density at radius 2 is 1.89 bits per heavy atom. The maximum Gasteiger partial charge on any atom is 0.419 e. The second-order valence-electron chi connectivity index (χ2n) is 6.02. The quantitative estimate of drug-likeness (QED) is 0.455. The SMILES string of the molecule is O=C(CCn1c(=O)oc2ccccc21)OCc1ncc(-c2ccc(Cl)cc2)o1. The Kier molecular flexibility index (Phi) is 4.99. The molecule has 0 amide bonds. The van der Waals surface area contributed by atoms with Crippen LogP contribution in [0.2, 0.25) is 5.02 Å². The summed E-state index contributed by atoms with van der Waals surface area (Å²) < 4.78 is 17.3. The van der Waals surface area contributed by atoms with Crippen molar-refractivity contribution in [1.29, 1.82) is 0 Å². The third-order valence-corrected chi connectivity index (χ3v) is 4.40. The predicted molar refractivity (Wildman–Crippen MR) is 102 cm³/mol. The molecule has 0 saturated heterocycles. The van der Waals surface area contributed by atoms with Gasteiger partial charge in [0.2, 0.25) is 5.89 Å². The average molecular weight is 399 g/mol. The Bertz CT molecular complexity index is 1170. The fourth-order valence-corrected chi connectivity index (χ4v) is 2.89. The summed E-state index contributed by atoms with van der Waals surface area (Å²) in [5.41, 5.74) is 1.94. The highest BCUT2D eigenvalue weighted by atomic mass is 35.5. The summed E-state index contributed by atoms with van der Waals surface area (Å²) >= 11 is 5.87. The number of hydrogen-bond acceptors (Lipinski definition) is 6. The largest absolute Gasteiger partial charge is 0.456 e. The van der Waals surface area contributed by atoms with Gasteiger partial charge in [0.15, 0.2) is 18.0 Å². The van der Waals surface area contributed by atoms with Gasteiger partial charge in [-0.1, -0.05) is 23.7 Å². The van der Waals surface area contributed by atoms with Gasteiger partial charge in [0.05, 0.1) is 18.1 Å². The first-order valence-electron chi connectivity index (χ1n) is 8.55. The standard InChI is InChI=1S/C20H15ClN2O5/c21-14-7-5-13(6-8-14)17-11-22-18(27-17)12-26-19(24)9-10-23-15-3-1-2-4-16(15)28-20(23)25/h1-8,11H,9-10,12H2. The second-order valence-corrected chi connectivity index (χ2v) is 6.46. The molecule has 142 valence electrons. The average Bonchev–Trinajstić information content (AvgIpc) is 3.29. The fraction of sp³-hybridized carbons (Fsp3) is 0.150. The maximum atomic E-state index is 12.0. The van der Waals surface area contributed by atoms with Gasteiger partial charge >= 0.3 is 11.7 Å². The molecular formula is C20H15ClN2O5. The van der Waals surface area contributed by atoms with E-state index >= 15 is 0 Å². The number of esters is 1. The van der Waals surface area contributed by atoms with Gasteiger partial charge in [0.25, 0.3) is 0 Å². The van der Waals surface area contributed by atoms with Crippen LogP contribution in [0.5, 0.6) is 0 Å². The molecule has 7 nitrogen and oxygen atoms in total. The lowest BCUT2D eigenvalue weighted by atomic mass is 10.2. The Hall–Kier alpha value is -3.32. The van der Waals surface area contributed by atoms with Crippen molar-refractivity contribution < 1.29 is 18.4 Å². The molecule has 8 heteroatoms. The molecular weight excluding hydrogens is 384 g/mol. The number of aryl methyl sites for hydroxylation is 1. The lowest BCUT2D eigenvalue weighted by molar-refractivity contribution is -0.145. The number of halogens is 1. The third kappa shape index (κ3) is 3.84. The highest BCUT2D eigenvalue weighted by Crippen LogP contribution is 2.22. The van der Waals surface area contributed by atoms with Crippen molar-refractivity contribution in [2.24, 2.45) is 0 Å². The van der Waals surface area contributed by atoms with E-state index in [0.29, 0.717) is 21.9 Å². The molecule has 0 saturated carbocycles. The Morgan fingerprint density at radius 1 is 1.11 bits per heavy atom. The lowest BCUT2D eigenvalue weighted by Crippen LogP contribution is -2.17. The van der Waals surface area contributed by atoms with Gasteiger partial charge < -0.3 is 13.6 Å². The molecule has 2 aromatic carbocycles. The van der Waals surface area contributed by atoms with E-state index in [4.69, 9.17) is 25.2 Å². The first kappa shape index (κ1) is 18.1. The second kappa shape index (κ2) is 7.74. The van der Waals surface area contributed by atoms with Crippen molar-refractivity contribution in [3.8, 4) is 11.3 Å². The number of aromatic nitrogens is 2. The predicted octanol–water partition coefficient (Wildman–Crippen LogP) is 4.04. The van der Waals surface area contributed by atoms with E-state index in [0.717, 1.165) is 5.56 Å². The molecule has 0 aliphatic carbocycles. The van der Waals surface area contributed by atoms with Crippen LogP contribution in [0, 0.1) is 0 Å². The highest BCUT2D eigenvalue weighted by Gasteiger charge is 2.13. The van der Waals surface area contributed by atoms with Crippen LogP contribution < -0.4 is 5.76 Å². The van der Waals surface area contributed by atoms with Crippen LogP contribution in [0.25, 0.3) is 22.4 Å². The summed E-state index contributed by atoms with van der Waals surface area (Å²) in [5, 5.41) is 0.627.